The van der Waals surface area contributed by atoms with Crippen molar-refractivity contribution in [1.29, 1.82) is 0 Å². The second-order valence-corrected chi connectivity index (χ2v) is 11.1. The third kappa shape index (κ3) is 3.38. The lowest BCUT2D eigenvalue weighted by Gasteiger charge is -2.56. The Morgan fingerprint density at radius 2 is 1.90 bits per heavy atom. The quantitative estimate of drug-likeness (QED) is 0.650. The summed E-state index contributed by atoms with van der Waals surface area (Å²) >= 11 is 0. The van der Waals surface area contributed by atoms with Crippen molar-refractivity contribution >= 4 is 0 Å². The average molecular weight is 433 g/mol. The molecule has 31 heavy (non-hydrogen) atoms. The van der Waals surface area contributed by atoms with Crippen LogP contribution in [-0.2, 0) is 18.9 Å². The van der Waals surface area contributed by atoms with Gasteiger partial charge in [0.15, 0.2) is 6.29 Å². The zero-order valence-electron chi connectivity index (χ0n) is 19.6. The number of allylic oxidation sites excluding steroid dienone is 3. The van der Waals surface area contributed by atoms with Crippen LogP contribution in [0.15, 0.2) is 23.3 Å². The van der Waals surface area contributed by atoms with E-state index in [0.29, 0.717) is 42.3 Å². The highest BCUT2D eigenvalue weighted by molar-refractivity contribution is 5.40. The summed E-state index contributed by atoms with van der Waals surface area (Å²) in [5, 5.41) is 11.3. The van der Waals surface area contributed by atoms with Crippen molar-refractivity contribution in [3.05, 3.63) is 23.3 Å². The molecule has 174 valence electrons. The number of fused-ring (bicyclic) bond motifs is 5. The first-order valence-corrected chi connectivity index (χ1v) is 12.3. The zero-order valence-corrected chi connectivity index (χ0v) is 19.6. The van der Waals surface area contributed by atoms with Crippen molar-refractivity contribution in [2.45, 2.75) is 77.8 Å². The van der Waals surface area contributed by atoms with Gasteiger partial charge in [-0.15, -0.1) is 0 Å². The molecule has 0 amide bonds. The number of ether oxygens (including phenoxy) is 4. The molecule has 5 heteroatoms. The monoisotopic (exact) mass is 432 g/mol. The minimum Gasteiger partial charge on any atom is -0.392 e. The highest BCUT2D eigenvalue weighted by atomic mass is 16.7. The topological polar surface area (TPSA) is 57.2 Å². The number of aliphatic hydroxyl groups excluding tert-OH is 1. The molecular formula is C26H40O5. The fourth-order valence-corrected chi connectivity index (χ4v) is 8.10. The summed E-state index contributed by atoms with van der Waals surface area (Å²) < 4.78 is 22.7. The van der Waals surface area contributed by atoms with E-state index < -0.39 is 0 Å². The first-order valence-electron chi connectivity index (χ1n) is 12.3. The summed E-state index contributed by atoms with van der Waals surface area (Å²) in [6.07, 6.45) is 10.8. The first-order chi connectivity index (χ1) is 14.9. The molecule has 0 bridgehead atoms. The Balaban J connectivity index is 1.40. The second-order valence-electron chi connectivity index (χ2n) is 11.1. The van der Waals surface area contributed by atoms with Crippen molar-refractivity contribution in [3.63, 3.8) is 0 Å². The maximum Gasteiger partial charge on any atom is 0.160 e. The standard InChI is InChI=1S/C26H40O5/c1-16(24-29-11-12-30-24)20-7-8-21-19-6-5-17-13-18(31-15-28-4)14-23(27)26(17,3)22(19)9-10-25(20,21)2/h5-6,16,18,20-24,27H,7-15H2,1-4H3/t16?,18?,20-,21+,22+,23?,25-,26+/m1/s1. The van der Waals surface area contributed by atoms with E-state index >= 15 is 0 Å². The van der Waals surface area contributed by atoms with Crippen LogP contribution in [0.25, 0.3) is 0 Å². The van der Waals surface area contributed by atoms with Gasteiger partial charge in [-0.2, -0.15) is 0 Å². The second kappa shape index (κ2) is 8.25. The Morgan fingerprint density at radius 3 is 2.65 bits per heavy atom. The van der Waals surface area contributed by atoms with Gasteiger partial charge in [-0.1, -0.05) is 44.1 Å². The molecule has 1 saturated heterocycles. The van der Waals surface area contributed by atoms with E-state index in [4.69, 9.17) is 18.9 Å². The van der Waals surface area contributed by atoms with Crippen LogP contribution >= 0.6 is 0 Å². The molecule has 3 unspecified atom stereocenters. The number of hydrogen-bond donors (Lipinski definition) is 1. The molecule has 8 atom stereocenters. The van der Waals surface area contributed by atoms with Crippen LogP contribution in [0.3, 0.4) is 0 Å². The molecule has 5 rings (SSSR count). The van der Waals surface area contributed by atoms with Crippen molar-refractivity contribution in [2.75, 3.05) is 27.1 Å². The van der Waals surface area contributed by atoms with Gasteiger partial charge in [0.05, 0.1) is 25.4 Å². The van der Waals surface area contributed by atoms with Crippen LogP contribution in [0.4, 0.5) is 0 Å². The Labute approximate surface area is 187 Å². The lowest BCUT2D eigenvalue weighted by molar-refractivity contribution is -0.122. The largest absolute Gasteiger partial charge is 0.392 e. The van der Waals surface area contributed by atoms with E-state index in [1.54, 1.807) is 12.7 Å². The van der Waals surface area contributed by atoms with Crippen LogP contribution in [0, 0.1) is 34.5 Å². The number of aliphatic hydroxyl groups is 1. The molecule has 0 aromatic heterocycles. The van der Waals surface area contributed by atoms with Gasteiger partial charge >= 0.3 is 0 Å². The summed E-state index contributed by atoms with van der Waals surface area (Å²) in [6.45, 7) is 8.92. The normalized spacial score (nSPS) is 46.0. The molecule has 5 nitrogen and oxygen atoms in total. The highest BCUT2D eigenvalue weighted by Gasteiger charge is 2.59. The molecule has 1 N–H and O–H groups in total. The Kier molecular flexibility index (Phi) is 5.88. The summed E-state index contributed by atoms with van der Waals surface area (Å²) in [7, 11) is 1.65. The van der Waals surface area contributed by atoms with Gasteiger partial charge in [-0.3, -0.25) is 0 Å². The maximum atomic E-state index is 11.3. The van der Waals surface area contributed by atoms with Crippen LogP contribution in [0.2, 0.25) is 0 Å². The molecule has 0 radical (unpaired) electrons. The Morgan fingerprint density at radius 1 is 1.13 bits per heavy atom. The van der Waals surface area contributed by atoms with Gasteiger partial charge in [-0.25, -0.2) is 0 Å². The van der Waals surface area contributed by atoms with Gasteiger partial charge in [0.2, 0.25) is 0 Å². The third-order valence-corrected chi connectivity index (χ3v) is 9.84. The van der Waals surface area contributed by atoms with Gasteiger partial charge in [0, 0.05) is 24.9 Å². The fourth-order valence-electron chi connectivity index (χ4n) is 8.10. The molecule has 0 aromatic carbocycles. The summed E-state index contributed by atoms with van der Waals surface area (Å²) in [6, 6.07) is 0. The van der Waals surface area contributed by atoms with Crippen molar-refractivity contribution in [1.82, 2.24) is 0 Å². The molecular weight excluding hydrogens is 392 g/mol. The summed E-state index contributed by atoms with van der Waals surface area (Å²) in [4.78, 5) is 0. The Bertz CT molecular complexity index is 740. The molecule has 1 aliphatic heterocycles. The van der Waals surface area contributed by atoms with E-state index in [1.807, 2.05) is 0 Å². The SMILES string of the molecule is COCOC1CC2=CC=C3[C@@H]4CC[C@H](C(C)C5OCCO5)[C@@]4(C)CC[C@@H]3[C@@]2(C)C(O)C1. The average Bonchev–Trinajstić information content (AvgIpc) is 3.40. The molecule has 1 heterocycles. The van der Waals surface area contributed by atoms with Crippen molar-refractivity contribution < 1.29 is 24.1 Å². The van der Waals surface area contributed by atoms with E-state index in [1.165, 1.54) is 24.8 Å². The lowest BCUT2D eigenvalue weighted by atomic mass is 9.49. The van der Waals surface area contributed by atoms with Crippen LogP contribution < -0.4 is 0 Å². The van der Waals surface area contributed by atoms with E-state index in [2.05, 4.69) is 32.9 Å². The molecule has 5 aliphatic rings. The van der Waals surface area contributed by atoms with E-state index in [9.17, 15) is 5.11 Å². The summed E-state index contributed by atoms with van der Waals surface area (Å²) in [5.74, 6) is 2.10. The van der Waals surface area contributed by atoms with Gasteiger partial charge in [-0.05, 0) is 55.3 Å². The summed E-state index contributed by atoms with van der Waals surface area (Å²) in [5.41, 5.74) is 3.08. The van der Waals surface area contributed by atoms with E-state index in [-0.39, 0.29) is 23.9 Å². The lowest BCUT2D eigenvalue weighted by Crippen LogP contribution is -2.53. The predicted molar refractivity (Wildman–Crippen MR) is 118 cm³/mol. The van der Waals surface area contributed by atoms with Crippen molar-refractivity contribution in [2.24, 2.45) is 34.5 Å². The van der Waals surface area contributed by atoms with E-state index in [0.717, 1.165) is 26.1 Å². The molecule has 0 spiro atoms. The fraction of sp³-hybridized carbons (Fsp3) is 0.846. The number of rotatable bonds is 5. The minimum atomic E-state index is -0.371. The number of methoxy groups -OCH3 is 1. The molecule has 0 aromatic rings. The van der Waals surface area contributed by atoms with Gasteiger partial charge in [0.1, 0.15) is 6.79 Å². The minimum absolute atomic E-state index is 0.0353. The number of hydrogen-bond acceptors (Lipinski definition) is 5. The van der Waals surface area contributed by atoms with Gasteiger partial charge in [0.25, 0.3) is 0 Å². The molecule has 4 aliphatic carbocycles. The van der Waals surface area contributed by atoms with Crippen LogP contribution in [-0.4, -0.2) is 50.7 Å². The Hall–Kier alpha value is -0.720. The predicted octanol–water partition coefficient (Wildman–Crippen LogP) is 4.45. The third-order valence-electron chi connectivity index (χ3n) is 9.84. The van der Waals surface area contributed by atoms with Crippen LogP contribution in [0.1, 0.15) is 59.3 Å². The van der Waals surface area contributed by atoms with Crippen LogP contribution in [0.5, 0.6) is 0 Å². The first kappa shape index (κ1) is 22.1. The maximum absolute atomic E-state index is 11.3. The smallest absolute Gasteiger partial charge is 0.160 e. The highest BCUT2D eigenvalue weighted by Crippen LogP contribution is 2.66. The zero-order chi connectivity index (χ0) is 21.8. The van der Waals surface area contributed by atoms with Gasteiger partial charge < -0.3 is 24.1 Å². The molecule has 3 saturated carbocycles. The van der Waals surface area contributed by atoms with Crippen molar-refractivity contribution in [3.8, 4) is 0 Å². The molecule has 4 fully saturated rings.